The molecular formula is C18H26O4. The number of aliphatic hydroxyl groups excluding tert-OH is 1. The summed E-state index contributed by atoms with van der Waals surface area (Å²) in [5, 5.41) is 9.83. The molecule has 0 aliphatic carbocycles. The van der Waals surface area contributed by atoms with Crippen molar-refractivity contribution in [1.29, 1.82) is 0 Å². The van der Waals surface area contributed by atoms with Gasteiger partial charge >= 0.3 is 5.97 Å². The fraction of sp³-hybridized carbons (Fsp3) is 0.500. The zero-order valence-electron chi connectivity index (χ0n) is 13.9. The molecule has 0 radical (unpaired) electrons. The van der Waals surface area contributed by atoms with Gasteiger partial charge in [0.2, 0.25) is 0 Å². The number of carbonyl (C=O) groups is 1. The second kappa shape index (κ2) is 8.59. The van der Waals surface area contributed by atoms with E-state index in [1.807, 2.05) is 13.8 Å². The van der Waals surface area contributed by atoms with E-state index in [4.69, 9.17) is 9.47 Å². The number of ether oxygens (including phenoxy) is 2. The smallest absolute Gasteiger partial charge is 0.333 e. The standard InChI is InChI=1S/C18H26O4/c1-6-7-15-8-13(4)17(14(5)9-15)21-10-16(19)11-22-18(20)12(2)3/h8-9,16,19H,2,6-7,10-11H2,1,3-5H3. The van der Waals surface area contributed by atoms with Gasteiger partial charge in [0, 0.05) is 5.57 Å². The predicted molar refractivity (Wildman–Crippen MR) is 87.2 cm³/mol. The van der Waals surface area contributed by atoms with Crippen molar-refractivity contribution in [2.45, 2.75) is 46.6 Å². The van der Waals surface area contributed by atoms with Crippen molar-refractivity contribution in [1.82, 2.24) is 0 Å². The zero-order valence-corrected chi connectivity index (χ0v) is 13.9. The lowest BCUT2D eigenvalue weighted by Gasteiger charge is -2.17. The van der Waals surface area contributed by atoms with Crippen molar-refractivity contribution in [2.75, 3.05) is 13.2 Å². The number of benzene rings is 1. The lowest BCUT2D eigenvalue weighted by atomic mass is 10.0. The molecule has 1 unspecified atom stereocenters. The van der Waals surface area contributed by atoms with Gasteiger partial charge in [-0.3, -0.25) is 0 Å². The molecule has 22 heavy (non-hydrogen) atoms. The third-order valence-electron chi connectivity index (χ3n) is 3.23. The molecule has 1 aromatic carbocycles. The number of hydrogen-bond acceptors (Lipinski definition) is 4. The Hall–Kier alpha value is -1.81. The normalized spacial score (nSPS) is 11.9. The van der Waals surface area contributed by atoms with E-state index >= 15 is 0 Å². The van der Waals surface area contributed by atoms with Crippen LogP contribution in [0.25, 0.3) is 0 Å². The quantitative estimate of drug-likeness (QED) is 0.592. The fourth-order valence-electron chi connectivity index (χ4n) is 2.22. The van der Waals surface area contributed by atoms with Crippen LogP contribution in [0.4, 0.5) is 0 Å². The Balaban J connectivity index is 2.57. The zero-order chi connectivity index (χ0) is 16.7. The monoisotopic (exact) mass is 306 g/mol. The van der Waals surface area contributed by atoms with Crippen molar-refractivity contribution in [2.24, 2.45) is 0 Å². The molecule has 1 N–H and O–H groups in total. The van der Waals surface area contributed by atoms with Crippen LogP contribution >= 0.6 is 0 Å². The Morgan fingerprint density at radius 1 is 1.27 bits per heavy atom. The third kappa shape index (κ3) is 5.53. The molecule has 1 aromatic rings. The van der Waals surface area contributed by atoms with Gasteiger partial charge in [-0.1, -0.05) is 32.1 Å². The van der Waals surface area contributed by atoms with Crippen LogP contribution in [0.3, 0.4) is 0 Å². The maximum absolute atomic E-state index is 11.3. The summed E-state index contributed by atoms with van der Waals surface area (Å²) in [7, 11) is 0. The Morgan fingerprint density at radius 3 is 2.36 bits per heavy atom. The first kappa shape index (κ1) is 18.2. The first-order valence-electron chi connectivity index (χ1n) is 7.58. The van der Waals surface area contributed by atoms with Crippen LogP contribution in [0, 0.1) is 13.8 Å². The highest BCUT2D eigenvalue weighted by atomic mass is 16.5. The van der Waals surface area contributed by atoms with Crippen LogP contribution in [0.2, 0.25) is 0 Å². The summed E-state index contributed by atoms with van der Waals surface area (Å²) in [5.74, 6) is 0.278. The molecule has 122 valence electrons. The van der Waals surface area contributed by atoms with Crippen LogP contribution in [-0.2, 0) is 16.0 Å². The molecule has 4 nitrogen and oxygen atoms in total. The highest BCUT2D eigenvalue weighted by Crippen LogP contribution is 2.25. The molecule has 4 heteroatoms. The molecule has 0 saturated carbocycles. The minimum atomic E-state index is -0.864. The Bertz CT molecular complexity index is 511. The van der Waals surface area contributed by atoms with Gasteiger partial charge in [-0.25, -0.2) is 4.79 Å². The number of esters is 1. The van der Waals surface area contributed by atoms with Crippen LogP contribution < -0.4 is 4.74 Å². The largest absolute Gasteiger partial charge is 0.490 e. The van der Waals surface area contributed by atoms with E-state index in [9.17, 15) is 9.90 Å². The first-order valence-corrected chi connectivity index (χ1v) is 7.58. The molecule has 0 saturated heterocycles. The Kier molecular flexibility index (Phi) is 7.12. The number of carbonyl (C=O) groups excluding carboxylic acids is 1. The highest BCUT2D eigenvalue weighted by molar-refractivity contribution is 5.86. The van der Waals surface area contributed by atoms with Crippen molar-refractivity contribution >= 4 is 5.97 Å². The predicted octanol–water partition coefficient (Wildman–Crippen LogP) is 3.11. The second-order valence-corrected chi connectivity index (χ2v) is 5.65. The molecule has 0 heterocycles. The SMILES string of the molecule is C=C(C)C(=O)OCC(O)COc1c(C)cc(CCC)cc1C. The molecule has 0 bridgehead atoms. The molecule has 0 aliphatic rings. The molecule has 1 rings (SSSR count). The minimum absolute atomic E-state index is 0.0816. The summed E-state index contributed by atoms with van der Waals surface area (Å²) in [6.07, 6.45) is 1.28. The topological polar surface area (TPSA) is 55.8 Å². The van der Waals surface area contributed by atoms with Crippen molar-refractivity contribution < 1.29 is 19.4 Å². The maximum Gasteiger partial charge on any atom is 0.333 e. The van der Waals surface area contributed by atoms with E-state index < -0.39 is 12.1 Å². The number of rotatable bonds is 8. The number of hydrogen-bond donors (Lipinski definition) is 1. The van der Waals surface area contributed by atoms with E-state index in [1.54, 1.807) is 6.92 Å². The van der Waals surface area contributed by atoms with Gasteiger partial charge in [-0.15, -0.1) is 0 Å². The molecule has 0 aliphatic heterocycles. The van der Waals surface area contributed by atoms with Crippen molar-refractivity contribution in [3.05, 3.63) is 41.0 Å². The summed E-state index contributed by atoms with van der Waals surface area (Å²) in [6.45, 7) is 11.2. The lowest BCUT2D eigenvalue weighted by Crippen LogP contribution is -2.25. The Labute approximate surface area is 132 Å². The summed E-state index contributed by atoms with van der Waals surface area (Å²) < 4.78 is 10.6. The average Bonchev–Trinajstić information content (AvgIpc) is 2.44. The second-order valence-electron chi connectivity index (χ2n) is 5.65. The molecule has 0 aromatic heterocycles. The molecule has 0 fully saturated rings. The average molecular weight is 306 g/mol. The van der Waals surface area contributed by atoms with Gasteiger partial charge in [0.05, 0.1) is 0 Å². The summed E-state index contributed by atoms with van der Waals surface area (Å²) in [5.41, 5.74) is 3.70. The molecule has 0 spiro atoms. The molecule has 0 amide bonds. The van der Waals surface area contributed by atoms with Gasteiger partial charge in [-0.05, 0) is 43.9 Å². The van der Waals surface area contributed by atoms with Crippen molar-refractivity contribution in [3.63, 3.8) is 0 Å². The Morgan fingerprint density at radius 2 is 1.86 bits per heavy atom. The van der Waals surface area contributed by atoms with Gasteiger partial charge in [-0.2, -0.15) is 0 Å². The first-order chi connectivity index (χ1) is 10.3. The number of aliphatic hydroxyl groups is 1. The van der Waals surface area contributed by atoms with Crippen LogP contribution in [-0.4, -0.2) is 30.4 Å². The number of aryl methyl sites for hydroxylation is 3. The van der Waals surface area contributed by atoms with Crippen LogP contribution in [0.15, 0.2) is 24.3 Å². The van der Waals surface area contributed by atoms with E-state index in [1.165, 1.54) is 5.56 Å². The maximum atomic E-state index is 11.3. The van der Waals surface area contributed by atoms with E-state index in [0.29, 0.717) is 5.57 Å². The van der Waals surface area contributed by atoms with Crippen molar-refractivity contribution in [3.8, 4) is 5.75 Å². The summed E-state index contributed by atoms with van der Waals surface area (Å²) >= 11 is 0. The highest BCUT2D eigenvalue weighted by Gasteiger charge is 2.12. The summed E-state index contributed by atoms with van der Waals surface area (Å²) in [6, 6.07) is 4.22. The molecular weight excluding hydrogens is 280 g/mol. The minimum Gasteiger partial charge on any atom is -0.490 e. The van der Waals surface area contributed by atoms with Gasteiger partial charge in [0.15, 0.2) is 0 Å². The van der Waals surface area contributed by atoms with Gasteiger partial charge in [0.1, 0.15) is 25.1 Å². The van der Waals surface area contributed by atoms with Gasteiger partial charge < -0.3 is 14.6 Å². The van der Waals surface area contributed by atoms with Crippen LogP contribution in [0.5, 0.6) is 5.75 Å². The summed E-state index contributed by atoms with van der Waals surface area (Å²) in [4.78, 5) is 11.3. The lowest BCUT2D eigenvalue weighted by molar-refractivity contribution is -0.142. The molecule has 1 atom stereocenters. The van der Waals surface area contributed by atoms with E-state index in [-0.39, 0.29) is 13.2 Å². The van der Waals surface area contributed by atoms with Crippen LogP contribution in [0.1, 0.15) is 37.0 Å². The van der Waals surface area contributed by atoms with E-state index in [0.717, 1.165) is 29.7 Å². The van der Waals surface area contributed by atoms with E-state index in [2.05, 4.69) is 25.6 Å². The fourth-order valence-corrected chi connectivity index (χ4v) is 2.22. The third-order valence-corrected chi connectivity index (χ3v) is 3.23. The van der Waals surface area contributed by atoms with Gasteiger partial charge in [0.25, 0.3) is 0 Å².